The molecular weight excluding hydrogens is 327 g/mol. The van der Waals surface area contributed by atoms with E-state index < -0.39 is 16.9 Å². The van der Waals surface area contributed by atoms with Crippen molar-refractivity contribution in [1.82, 2.24) is 0 Å². The molecule has 23 heavy (non-hydrogen) atoms. The molecule has 0 bridgehead atoms. The molecule has 5 heteroatoms. The molecule has 1 fully saturated rings. The van der Waals surface area contributed by atoms with Gasteiger partial charge in [-0.05, 0) is 0 Å². The molecule has 0 unspecified atom stereocenters. The van der Waals surface area contributed by atoms with E-state index in [1.807, 2.05) is 60.7 Å². The van der Waals surface area contributed by atoms with Gasteiger partial charge < -0.3 is 0 Å². The van der Waals surface area contributed by atoms with E-state index in [9.17, 15) is 8.42 Å². The number of hydrogen-bond acceptors (Lipinski definition) is 3. The third-order valence-corrected chi connectivity index (χ3v) is 12.8. The van der Waals surface area contributed by atoms with Gasteiger partial charge in [-0.2, -0.15) is 0 Å². The Balaban J connectivity index is 2.35. The zero-order valence-electron chi connectivity index (χ0n) is 13.4. The van der Waals surface area contributed by atoms with Gasteiger partial charge in [-0.1, -0.05) is 0 Å². The summed E-state index contributed by atoms with van der Waals surface area (Å²) in [4.78, 5) is 0. The predicted octanol–water partition coefficient (Wildman–Crippen LogP) is 3.27. The molecule has 3 nitrogen and oxygen atoms in total. The first-order valence-corrected chi connectivity index (χ1v) is 12.3. The summed E-state index contributed by atoms with van der Waals surface area (Å²) in [5, 5.41) is 2.10. The van der Waals surface area contributed by atoms with Crippen molar-refractivity contribution < 1.29 is 12.4 Å². The molecule has 2 aromatic rings. The Morgan fingerprint density at radius 2 is 1.22 bits per heavy atom. The summed E-state index contributed by atoms with van der Waals surface area (Å²) in [6.07, 6.45) is 5.90. The van der Waals surface area contributed by atoms with Gasteiger partial charge in [0.25, 0.3) is 0 Å². The normalized spacial score (nSPS) is 21.9. The molecule has 1 aliphatic heterocycles. The van der Waals surface area contributed by atoms with Crippen LogP contribution in [0.1, 0.15) is 19.3 Å². The number of rotatable bonds is 4. The Morgan fingerprint density at radius 3 is 1.61 bits per heavy atom. The molecule has 0 spiro atoms. The molecule has 0 saturated carbocycles. The van der Waals surface area contributed by atoms with Crippen molar-refractivity contribution in [3.05, 3.63) is 60.7 Å². The number of benzene rings is 2. The summed E-state index contributed by atoms with van der Waals surface area (Å²) in [6.45, 7) is -3.21. The van der Waals surface area contributed by atoms with Gasteiger partial charge in [0.15, 0.2) is 0 Å². The van der Waals surface area contributed by atoms with Gasteiger partial charge >= 0.3 is 138 Å². The van der Waals surface area contributed by atoms with E-state index in [1.165, 1.54) is 6.26 Å². The van der Waals surface area contributed by atoms with Gasteiger partial charge in [-0.25, -0.2) is 0 Å². The van der Waals surface area contributed by atoms with Crippen LogP contribution in [0.2, 0.25) is 0 Å². The molecule has 0 atom stereocenters. The summed E-state index contributed by atoms with van der Waals surface area (Å²) in [7, 11) is -3.58. The van der Waals surface area contributed by atoms with Crippen molar-refractivity contribution in [2.75, 3.05) is 18.6 Å². The average molecular weight is 350 g/mol. The molecule has 2 aromatic carbocycles. The molecule has 0 aliphatic carbocycles. The van der Waals surface area contributed by atoms with Crippen molar-refractivity contribution in [2.45, 2.75) is 19.3 Å². The van der Waals surface area contributed by atoms with Gasteiger partial charge in [0.05, 0.1) is 0 Å². The fourth-order valence-electron chi connectivity index (χ4n) is 3.88. The van der Waals surface area contributed by atoms with Crippen LogP contribution in [0.3, 0.4) is 0 Å². The second-order valence-corrected chi connectivity index (χ2v) is 13.1. The van der Waals surface area contributed by atoms with Crippen molar-refractivity contribution in [3.8, 4) is 0 Å². The molecule has 124 valence electrons. The first-order valence-electron chi connectivity index (χ1n) is 7.99. The molecule has 0 amide bonds. The van der Waals surface area contributed by atoms with Crippen LogP contribution in [0.5, 0.6) is 0 Å². The maximum absolute atomic E-state index is 12.3. The van der Waals surface area contributed by atoms with Crippen LogP contribution in [0, 0.1) is 0 Å². The van der Waals surface area contributed by atoms with Crippen molar-refractivity contribution in [2.24, 2.45) is 0 Å². The first kappa shape index (κ1) is 16.6. The van der Waals surface area contributed by atoms with Gasteiger partial charge in [-0.15, -0.1) is 0 Å². The maximum atomic E-state index is 12.3. The minimum absolute atomic E-state index is 0.798. The molecule has 3 rings (SSSR count). The monoisotopic (exact) mass is 350 g/mol. The Labute approximate surface area is 138 Å². The molecule has 0 aromatic heterocycles. The van der Waals surface area contributed by atoms with Crippen LogP contribution in [-0.2, 0) is 14.1 Å². The topological polar surface area (TPSA) is 43.4 Å². The quantitative estimate of drug-likeness (QED) is 0.795. The Hall–Kier alpha value is -1.22. The average Bonchev–Trinajstić information content (AvgIpc) is 2.56. The molecule has 1 heterocycles. The standard InChI is InChI=1S/C18H23O3PS/c1-23(19,20)21-22(15-9-4-10-16-22,17-11-5-2-6-12-17)18-13-7-3-8-14-18/h2-3,5-8,11-14H,4,9-10,15-16H2,1H3. The van der Waals surface area contributed by atoms with Gasteiger partial charge in [0.2, 0.25) is 0 Å². The molecule has 1 aliphatic rings. The van der Waals surface area contributed by atoms with Crippen molar-refractivity contribution in [1.29, 1.82) is 0 Å². The van der Waals surface area contributed by atoms with E-state index in [-0.39, 0.29) is 0 Å². The van der Waals surface area contributed by atoms with Gasteiger partial charge in [0.1, 0.15) is 0 Å². The second-order valence-electron chi connectivity index (χ2n) is 6.37. The Kier molecular flexibility index (Phi) is 4.35. The van der Waals surface area contributed by atoms with E-state index in [0.717, 1.165) is 42.2 Å². The van der Waals surface area contributed by atoms with Crippen LogP contribution < -0.4 is 10.6 Å². The van der Waals surface area contributed by atoms with E-state index in [4.69, 9.17) is 3.97 Å². The van der Waals surface area contributed by atoms with Crippen molar-refractivity contribution >= 4 is 27.6 Å². The SMILES string of the molecule is CS(=O)(=O)OP1(c2ccccc2)(c2ccccc2)CCCCC1. The summed E-state index contributed by atoms with van der Waals surface area (Å²) in [5.41, 5.74) is 0. The fraction of sp³-hybridized carbons (Fsp3) is 0.333. The van der Waals surface area contributed by atoms with E-state index in [2.05, 4.69) is 0 Å². The molecule has 1 saturated heterocycles. The Bertz CT molecular complexity index is 723. The van der Waals surface area contributed by atoms with Gasteiger partial charge in [-0.3, -0.25) is 0 Å². The summed E-state index contributed by atoms with van der Waals surface area (Å²) in [6, 6.07) is 20.0. The first-order chi connectivity index (χ1) is 11.0. The van der Waals surface area contributed by atoms with E-state index in [0.29, 0.717) is 0 Å². The Morgan fingerprint density at radius 1 is 0.783 bits per heavy atom. The van der Waals surface area contributed by atoms with Crippen LogP contribution in [-0.4, -0.2) is 27.0 Å². The third-order valence-electron chi connectivity index (χ3n) is 4.79. The van der Waals surface area contributed by atoms with Gasteiger partial charge in [0, 0.05) is 0 Å². The van der Waals surface area contributed by atoms with E-state index >= 15 is 0 Å². The third kappa shape index (κ3) is 2.96. The molecular formula is C18H23O3PS. The zero-order valence-corrected chi connectivity index (χ0v) is 15.1. The van der Waals surface area contributed by atoms with Crippen LogP contribution in [0.15, 0.2) is 60.7 Å². The number of hydrogen-bond donors (Lipinski definition) is 0. The van der Waals surface area contributed by atoms with Crippen molar-refractivity contribution in [3.63, 3.8) is 0 Å². The fourth-order valence-corrected chi connectivity index (χ4v) is 12.9. The molecule has 0 radical (unpaired) electrons. The van der Waals surface area contributed by atoms with E-state index in [1.54, 1.807) is 0 Å². The summed E-state index contributed by atoms with van der Waals surface area (Å²) in [5.74, 6) is 0. The van der Waals surface area contributed by atoms with Crippen LogP contribution >= 0.6 is 6.83 Å². The summed E-state index contributed by atoms with van der Waals surface area (Å²) < 4.78 is 30.7. The predicted molar refractivity (Wildman–Crippen MR) is 98.6 cm³/mol. The van der Waals surface area contributed by atoms with Crippen LogP contribution in [0.25, 0.3) is 0 Å². The zero-order chi connectivity index (χ0) is 16.4. The minimum atomic E-state index is -3.58. The molecule has 0 N–H and O–H groups in total. The summed E-state index contributed by atoms with van der Waals surface area (Å²) >= 11 is 0. The second kappa shape index (κ2) is 6.01. The van der Waals surface area contributed by atoms with Crippen LogP contribution in [0.4, 0.5) is 0 Å².